The molecule has 3 nitrogen and oxygen atoms in total. The van der Waals surface area contributed by atoms with Crippen LogP contribution in [0.1, 0.15) is 12.0 Å². The van der Waals surface area contributed by atoms with Gasteiger partial charge in [0.25, 0.3) is 0 Å². The van der Waals surface area contributed by atoms with Crippen LogP contribution in [0.2, 0.25) is 0 Å². The minimum absolute atomic E-state index is 0.0213. The number of benzene rings is 2. The molecular formula is C16H15F2NO2. The van der Waals surface area contributed by atoms with E-state index in [1.165, 1.54) is 6.07 Å². The lowest BCUT2D eigenvalue weighted by atomic mass is 10.1. The van der Waals surface area contributed by atoms with Gasteiger partial charge < -0.3 is 10.1 Å². The van der Waals surface area contributed by atoms with E-state index in [0.29, 0.717) is 6.42 Å². The van der Waals surface area contributed by atoms with E-state index in [0.717, 1.165) is 23.4 Å². The van der Waals surface area contributed by atoms with Gasteiger partial charge in [-0.3, -0.25) is 4.79 Å². The maximum absolute atomic E-state index is 13.4. The first-order chi connectivity index (χ1) is 10.1. The highest BCUT2D eigenvalue weighted by Gasteiger charge is 2.08. The van der Waals surface area contributed by atoms with Crippen molar-refractivity contribution in [3.8, 4) is 5.75 Å². The van der Waals surface area contributed by atoms with Gasteiger partial charge in [0.1, 0.15) is 17.4 Å². The van der Waals surface area contributed by atoms with Crippen LogP contribution in [0.5, 0.6) is 5.75 Å². The van der Waals surface area contributed by atoms with Gasteiger partial charge in [0.2, 0.25) is 5.91 Å². The Morgan fingerprint density at radius 2 is 2.00 bits per heavy atom. The predicted octanol–water partition coefficient (Wildman–Crippen LogP) is 3.54. The molecule has 0 aromatic heterocycles. The molecule has 0 unspecified atom stereocenters. The second-order valence-corrected chi connectivity index (χ2v) is 4.52. The van der Waals surface area contributed by atoms with Crippen molar-refractivity contribution in [3.63, 3.8) is 0 Å². The molecule has 0 aliphatic heterocycles. The summed E-state index contributed by atoms with van der Waals surface area (Å²) in [5, 5.41) is 2.42. The molecule has 5 heteroatoms. The minimum atomic E-state index is -0.787. The van der Waals surface area contributed by atoms with E-state index in [1.807, 2.05) is 24.3 Å². The van der Waals surface area contributed by atoms with Gasteiger partial charge in [0, 0.05) is 12.5 Å². The smallest absolute Gasteiger partial charge is 0.224 e. The van der Waals surface area contributed by atoms with Crippen LogP contribution in [0.4, 0.5) is 14.5 Å². The first kappa shape index (κ1) is 15.0. The van der Waals surface area contributed by atoms with Crippen molar-refractivity contribution in [1.29, 1.82) is 0 Å². The molecule has 2 aromatic carbocycles. The van der Waals surface area contributed by atoms with Crippen molar-refractivity contribution in [1.82, 2.24) is 0 Å². The van der Waals surface area contributed by atoms with E-state index in [2.05, 4.69) is 5.32 Å². The van der Waals surface area contributed by atoms with Crippen LogP contribution in [0.25, 0.3) is 0 Å². The Morgan fingerprint density at radius 3 is 2.71 bits per heavy atom. The summed E-state index contributed by atoms with van der Waals surface area (Å²) >= 11 is 0. The third kappa shape index (κ3) is 4.27. The first-order valence-electron chi connectivity index (χ1n) is 6.46. The summed E-state index contributed by atoms with van der Waals surface area (Å²) in [5.74, 6) is -1.08. The standard InChI is InChI=1S/C16H15F2NO2/c1-21-13-4-2-3-11(9-13)5-8-16(20)19-15-7-6-12(17)10-14(15)18/h2-4,6-7,9-10H,5,8H2,1H3,(H,19,20). The van der Waals surface area contributed by atoms with Crippen molar-refractivity contribution in [2.24, 2.45) is 0 Å². The molecule has 1 N–H and O–H groups in total. The summed E-state index contributed by atoms with van der Waals surface area (Å²) in [7, 11) is 1.57. The number of halogens is 2. The Labute approximate surface area is 121 Å². The summed E-state index contributed by atoms with van der Waals surface area (Å²) in [5.41, 5.74) is 0.927. The molecule has 2 aromatic rings. The van der Waals surface area contributed by atoms with E-state index >= 15 is 0 Å². The number of methoxy groups -OCH3 is 1. The number of ether oxygens (including phenoxy) is 1. The molecule has 0 heterocycles. The lowest BCUT2D eigenvalue weighted by Gasteiger charge is -2.07. The van der Waals surface area contributed by atoms with Crippen LogP contribution >= 0.6 is 0 Å². The number of hydrogen-bond donors (Lipinski definition) is 1. The van der Waals surface area contributed by atoms with Crippen molar-refractivity contribution in [3.05, 3.63) is 59.7 Å². The molecule has 0 saturated heterocycles. The van der Waals surface area contributed by atoms with Gasteiger partial charge in [0.15, 0.2) is 0 Å². The number of rotatable bonds is 5. The molecule has 0 aliphatic carbocycles. The van der Waals surface area contributed by atoms with Crippen molar-refractivity contribution < 1.29 is 18.3 Å². The summed E-state index contributed by atoms with van der Waals surface area (Å²) in [6, 6.07) is 10.4. The summed E-state index contributed by atoms with van der Waals surface area (Å²) in [6.07, 6.45) is 0.704. The van der Waals surface area contributed by atoms with E-state index in [4.69, 9.17) is 4.74 Å². The number of carbonyl (C=O) groups excluding carboxylic acids is 1. The van der Waals surface area contributed by atoms with Crippen molar-refractivity contribution >= 4 is 11.6 Å². The number of nitrogens with one attached hydrogen (secondary N) is 1. The number of hydrogen-bond acceptors (Lipinski definition) is 2. The maximum Gasteiger partial charge on any atom is 0.224 e. The highest BCUT2D eigenvalue weighted by atomic mass is 19.1. The maximum atomic E-state index is 13.4. The highest BCUT2D eigenvalue weighted by molar-refractivity contribution is 5.90. The third-order valence-corrected chi connectivity index (χ3v) is 2.98. The molecule has 0 radical (unpaired) electrons. The van der Waals surface area contributed by atoms with Gasteiger partial charge in [-0.15, -0.1) is 0 Å². The number of carbonyl (C=O) groups is 1. The zero-order valence-electron chi connectivity index (χ0n) is 11.5. The van der Waals surface area contributed by atoms with E-state index in [1.54, 1.807) is 7.11 Å². The monoisotopic (exact) mass is 291 g/mol. The van der Waals surface area contributed by atoms with Crippen LogP contribution in [-0.2, 0) is 11.2 Å². The third-order valence-electron chi connectivity index (χ3n) is 2.98. The minimum Gasteiger partial charge on any atom is -0.497 e. The molecule has 1 amide bonds. The van der Waals surface area contributed by atoms with Crippen molar-refractivity contribution in [2.75, 3.05) is 12.4 Å². The zero-order valence-corrected chi connectivity index (χ0v) is 11.5. The van der Waals surface area contributed by atoms with Crippen molar-refractivity contribution in [2.45, 2.75) is 12.8 Å². The fourth-order valence-electron chi connectivity index (χ4n) is 1.89. The molecule has 0 aliphatic rings. The van der Waals surface area contributed by atoms with Gasteiger partial charge in [-0.05, 0) is 36.2 Å². The molecule has 0 fully saturated rings. The first-order valence-corrected chi connectivity index (χ1v) is 6.46. The molecule has 0 spiro atoms. The Balaban J connectivity index is 1.92. The number of amides is 1. The van der Waals surface area contributed by atoms with Gasteiger partial charge >= 0.3 is 0 Å². The molecule has 0 atom stereocenters. The van der Waals surface area contributed by atoms with Crippen LogP contribution in [0.3, 0.4) is 0 Å². The number of anilines is 1. The molecule has 2 rings (SSSR count). The van der Waals surface area contributed by atoms with Gasteiger partial charge in [-0.25, -0.2) is 8.78 Å². The lowest BCUT2D eigenvalue weighted by molar-refractivity contribution is -0.116. The summed E-state index contributed by atoms with van der Waals surface area (Å²) < 4.78 is 31.3. The van der Waals surface area contributed by atoms with E-state index in [-0.39, 0.29) is 18.0 Å². The van der Waals surface area contributed by atoms with Crippen LogP contribution in [0, 0.1) is 11.6 Å². The average molecular weight is 291 g/mol. The molecular weight excluding hydrogens is 276 g/mol. The van der Waals surface area contributed by atoms with Gasteiger partial charge in [-0.1, -0.05) is 12.1 Å². The second kappa shape index (κ2) is 6.83. The topological polar surface area (TPSA) is 38.3 Å². The Kier molecular flexibility index (Phi) is 4.87. The Hall–Kier alpha value is -2.43. The predicted molar refractivity (Wildman–Crippen MR) is 76.3 cm³/mol. The molecule has 21 heavy (non-hydrogen) atoms. The van der Waals surface area contributed by atoms with Gasteiger partial charge in [0.05, 0.1) is 12.8 Å². The highest BCUT2D eigenvalue weighted by Crippen LogP contribution is 2.17. The summed E-state index contributed by atoms with van der Waals surface area (Å²) in [4.78, 5) is 11.8. The normalized spacial score (nSPS) is 10.2. The quantitative estimate of drug-likeness (QED) is 0.915. The fourth-order valence-corrected chi connectivity index (χ4v) is 1.89. The number of aryl methyl sites for hydroxylation is 1. The molecule has 0 saturated carbocycles. The van der Waals surface area contributed by atoms with Crippen LogP contribution in [-0.4, -0.2) is 13.0 Å². The fraction of sp³-hybridized carbons (Fsp3) is 0.188. The largest absolute Gasteiger partial charge is 0.497 e. The second-order valence-electron chi connectivity index (χ2n) is 4.52. The SMILES string of the molecule is COc1cccc(CCC(=O)Nc2ccc(F)cc2F)c1. The Bertz CT molecular complexity index is 644. The van der Waals surface area contributed by atoms with Gasteiger partial charge in [-0.2, -0.15) is 0 Å². The average Bonchev–Trinajstić information content (AvgIpc) is 2.48. The molecule has 110 valence electrons. The van der Waals surface area contributed by atoms with E-state index < -0.39 is 11.6 Å². The van der Waals surface area contributed by atoms with E-state index in [9.17, 15) is 13.6 Å². The Morgan fingerprint density at radius 1 is 1.19 bits per heavy atom. The lowest BCUT2D eigenvalue weighted by Crippen LogP contribution is -2.13. The van der Waals surface area contributed by atoms with Crippen LogP contribution in [0.15, 0.2) is 42.5 Å². The zero-order chi connectivity index (χ0) is 15.2. The molecule has 0 bridgehead atoms. The summed E-state index contributed by atoms with van der Waals surface area (Å²) in [6.45, 7) is 0. The van der Waals surface area contributed by atoms with Crippen LogP contribution < -0.4 is 10.1 Å².